The molecule has 210 valence electrons. The fraction of sp³-hybridized carbons (Fsp3) is 0.679. The highest BCUT2D eigenvalue weighted by Gasteiger charge is 2.58. The number of nitrogens with one attached hydrogen (secondary N) is 2. The number of aromatic nitrogens is 4. The van der Waals surface area contributed by atoms with Crippen molar-refractivity contribution < 1.29 is 14.7 Å². The molecule has 3 fully saturated rings. The third-order valence-electron chi connectivity index (χ3n) is 10.5. The van der Waals surface area contributed by atoms with E-state index in [1.165, 1.54) is 31.2 Å². The number of imidazole rings is 1. The van der Waals surface area contributed by atoms with Crippen LogP contribution in [0, 0.1) is 28.6 Å². The molecular weight excluding hydrogens is 496 g/mol. The quantitative estimate of drug-likeness (QED) is 0.239. The number of aromatic amines is 1. The second-order valence-electron chi connectivity index (χ2n) is 12.3. The Morgan fingerprint density at radius 2 is 2.08 bits per heavy atom. The topological polar surface area (TPSA) is 155 Å². The summed E-state index contributed by atoms with van der Waals surface area (Å²) in [6, 6.07) is 0. The Hall–Kier alpha value is -3.05. The number of nitrogens with zero attached hydrogens (tertiary/aromatic N) is 5. The van der Waals surface area contributed by atoms with Crippen LogP contribution in [0.4, 0.5) is 5.82 Å². The van der Waals surface area contributed by atoms with Crippen LogP contribution in [0.3, 0.4) is 0 Å². The maximum absolute atomic E-state index is 12.5. The summed E-state index contributed by atoms with van der Waals surface area (Å²) in [5.74, 6) is 8.25. The van der Waals surface area contributed by atoms with Crippen molar-refractivity contribution in [3.05, 3.63) is 24.3 Å². The molecular formula is C28H40N8O3. The van der Waals surface area contributed by atoms with Crippen molar-refractivity contribution in [3.8, 4) is 0 Å². The molecule has 5 N–H and O–H groups in total. The summed E-state index contributed by atoms with van der Waals surface area (Å²) < 4.78 is 0. The lowest BCUT2D eigenvalue weighted by molar-refractivity contribution is -0.136. The highest BCUT2D eigenvalue weighted by atomic mass is 16.6. The van der Waals surface area contributed by atoms with Gasteiger partial charge in [0.05, 0.1) is 24.7 Å². The van der Waals surface area contributed by atoms with Crippen molar-refractivity contribution in [2.24, 2.45) is 39.6 Å². The number of hydrogen-bond acceptors (Lipinski definition) is 9. The number of allylic oxidation sites excluding steroid dienone is 2. The Balaban J connectivity index is 1.01. The molecule has 0 spiro atoms. The lowest BCUT2D eigenvalue weighted by atomic mass is 9.47. The van der Waals surface area contributed by atoms with Crippen LogP contribution in [0.15, 0.2) is 29.5 Å². The van der Waals surface area contributed by atoms with Crippen molar-refractivity contribution in [2.45, 2.75) is 71.3 Å². The summed E-state index contributed by atoms with van der Waals surface area (Å²) >= 11 is 0. The number of carbonyl (C=O) groups is 1. The van der Waals surface area contributed by atoms with Crippen molar-refractivity contribution in [1.82, 2.24) is 24.9 Å². The van der Waals surface area contributed by atoms with E-state index in [4.69, 9.17) is 10.7 Å². The van der Waals surface area contributed by atoms with E-state index in [1.807, 2.05) is 0 Å². The van der Waals surface area contributed by atoms with Crippen molar-refractivity contribution in [2.75, 3.05) is 25.0 Å². The Bertz CT molecular complexity index is 1290. The number of anilines is 1. The number of amides is 1. The zero-order valence-electron chi connectivity index (χ0n) is 22.9. The summed E-state index contributed by atoms with van der Waals surface area (Å²) in [6.07, 6.45) is 13.7. The Morgan fingerprint density at radius 3 is 2.95 bits per heavy atom. The van der Waals surface area contributed by atoms with Crippen molar-refractivity contribution in [1.29, 1.82) is 0 Å². The summed E-state index contributed by atoms with van der Waals surface area (Å²) in [5, 5.41) is 19.3. The second kappa shape index (κ2) is 10.2. The van der Waals surface area contributed by atoms with Gasteiger partial charge in [0.25, 0.3) is 5.91 Å². The van der Waals surface area contributed by atoms with Gasteiger partial charge in [-0.1, -0.05) is 24.6 Å². The standard InChI is InChI=1S/C28H40N8O3/c1-27-9-7-18(13-17(27)3-4-19-20-5-6-22(37)28(20,2)10-8-21(19)27)35-39-14-23(38)36(29)12-11-30-25-24-26(32-15-31-24)34-16-33-25/h13,15-16,19-22,37H,3-12,14,29H2,1-2H3,(H2,30,31,32,33,34)/b35-18+/t19-,20?,21?,22+,27+,28+/m1/s1. The molecule has 0 aromatic carbocycles. The summed E-state index contributed by atoms with van der Waals surface area (Å²) in [6.45, 7) is 5.27. The maximum atomic E-state index is 12.5. The van der Waals surface area contributed by atoms with Crippen LogP contribution in [-0.2, 0) is 9.63 Å². The molecule has 2 heterocycles. The fourth-order valence-electron chi connectivity index (χ4n) is 8.19. The number of aliphatic hydroxyl groups is 1. The molecule has 2 unspecified atom stereocenters. The van der Waals surface area contributed by atoms with Gasteiger partial charge in [0.15, 0.2) is 18.1 Å². The second-order valence-corrected chi connectivity index (χ2v) is 12.3. The van der Waals surface area contributed by atoms with Gasteiger partial charge in [-0.15, -0.1) is 0 Å². The third kappa shape index (κ3) is 4.59. The van der Waals surface area contributed by atoms with Gasteiger partial charge in [0, 0.05) is 6.54 Å². The molecule has 6 rings (SSSR count). The molecule has 11 heteroatoms. The maximum Gasteiger partial charge on any atom is 0.277 e. The lowest BCUT2D eigenvalue weighted by Crippen LogP contribution is -2.51. The molecule has 2 aromatic heterocycles. The minimum atomic E-state index is -0.340. The number of H-pyrrole nitrogens is 1. The molecule has 0 bridgehead atoms. The number of hydrogen-bond donors (Lipinski definition) is 4. The van der Waals surface area contributed by atoms with Gasteiger partial charge < -0.3 is 20.2 Å². The molecule has 3 saturated carbocycles. The molecule has 4 aliphatic rings. The number of aliphatic hydroxyl groups excluding tert-OH is 1. The molecule has 0 saturated heterocycles. The highest BCUT2D eigenvalue weighted by molar-refractivity contribution is 5.96. The minimum Gasteiger partial charge on any atom is -0.393 e. The predicted molar refractivity (Wildman–Crippen MR) is 147 cm³/mol. The van der Waals surface area contributed by atoms with Crippen LogP contribution < -0.4 is 11.2 Å². The zero-order chi connectivity index (χ0) is 27.2. The number of nitrogens with two attached hydrogens (primary N) is 1. The summed E-state index contributed by atoms with van der Waals surface area (Å²) in [5.41, 5.74) is 3.96. The predicted octanol–water partition coefficient (Wildman–Crippen LogP) is 3.16. The molecule has 39 heavy (non-hydrogen) atoms. The molecule has 6 atom stereocenters. The minimum absolute atomic E-state index is 0.107. The first kappa shape index (κ1) is 26.2. The number of rotatable bonds is 7. The normalized spacial score (nSPS) is 34.7. The van der Waals surface area contributed by atoms with E-state index in [2.05, 4.69) is 50.3 Å². The van der Waals surface area contributed by atoms with E-state index in [9.17, 15) is 9.90 Å². The third-order valence-corrected chi connectivity index (χ3v) is 10.5. The van der Waals surface area contributed by atoms with E-state index >= 15 is 0 Å². The molecule has 0 aliphatic heterocycles. The van der Waals surface area contributed by atoms with E-state index in [0.29, 0.717) is 41.3 Å². The first-order valence-electron chi connectivity index (χ1n) is 14.3. The molecule has 11 nitrogen and oxygen atoms in total. The van der Waals surface area contributed by atoms with Crippen LogP contribution in [0.1, 0.15) is 65.2 Å². The van der Waals surface area contributed by atoms with E-state index in [1.54, 1.807) is 6.33 Å². The average Bonchev–Trinajstić information content (AvgIpc) is 3.53. The first-order valence-corrected chi connectivity index (χ1v) is 14.3. The molecule has 4 aliphatic carbocycles. The fourth-order valence-corrected chi connectivity index (χ4v) is 8.19. The van der Waals surface area contributed by atoms with Gasteiger partial charge in [-0.3, -0.25) is 9.80 Å². The van der Waals surface area contributed by atoms with Gasteiger partial charge in [-0.2, -0.15) is 0 Å². The monoisotopic (exact) mass is 536 g/mol. The van der Waals surface area contributed by atoms with Crippen molar-refractivity contribution in [3.63, 3.8) is 0 Å². The molecule has 0 radical (unpaired) electrons. The number of oxime groups is 1. The average molecular weight is 537 g/mol. The van der Waals surface area contributed by atoms with Gasteiger partial charge >= 0.3 is 0 Å². The van der Waals surface area contributed by atoms with Gasteiger partial charge in [0.2, 0.25) is 0 Å². The molecule has 1 amide bonds. The van der Waals surface area contributed by atoms with E-state index < -0.39 is 0 Å². The highest BCUT2D eigenvalue weighted by Crippen LogP contribution is 2.65. The Kier molecular flexibility index (Phi) is 6.83. The SMILES string of the molecule is C[C@]12CC/C(=N\OCC(=O)N(N)CCNc3ncnc4nc[nH]c34)C=C1CC[C@H]1C2CC[C@@]2(C)C1CC[C@@H]2O. The van der Waals surface area contributed by atoms with Crippen LogP contribution in [-0.4, -0.2) is 67.5 Å². The number of hydrazine groups is 1. The number of fused-ring (bicyclic) bond motifs is 6. The summed E-state index contributed by atoms with van der Waals surface area (Å²) in [4.78, 5) is 33.3. The summed E-state index contributed by atoms with van der Waals surface area (Å²) in [7, 11) is 0. The molecule has 2 aromatic rings. The van der Waals surface area contributed by atoms with Crippen molar-refractivity contribution >= 4 is 28.6 Å². The van der Waals surface area contributed by atoms with Gasteiger partial charge in [0.1, 0.15) is 11.8 Å². The Labute approximate surface area is 228 Å². The van der Waals surface area contributed by atoms with Gasteiger partial charge in [-0.05, 0) is 86.0 Å². The Morgan fingerprint density at radius 1 is 1.21 bits per heavy atom. The first-order chi connectivity index (χ1) is 18.8. The van der Waals surface area contributed by atoms with E-state index in [0.717, 1.165) is 42.8 Å². The van der Waals surface area contributed by atoms with Gasteiger partial charge in [-0.25, -0.2) is 20.8 Å². The van der Waals surface area contributed by atoms with Crippen LogP contribution in [0.5, 0.6) is 0 Å². The van der Waals surface area contributed by atoms with E-state index in [-0.39, 0.29) is 36.0 Å². The largest absolute Gasteiger partial charge is 0.393 e. The van der Waals surface area contributed by atoms with Crippen LogP contribution in [0.25, 0.3) is 11.2 Å². The lowest BCUT2D eigenvalue weighted by Gasteiger charge is -2.57. The van der Waals surface area contributed by atoms with Crippen LogP contribution >= 0.6 is 0 Å². The van der Waals surface area contributed by atoms with Crippen LogP contribution in [0.2, 0.25) is 0 Å². The zero-order valence-corrected chi connectivity index (χ0v) is 22.9. The number of carbonyl (C=O) groups excluding carboxylic acids is 1. The smallest absolute Gasteiger partial charge is 0.277 e.